The van der Waals surface area contributed by atoms with Crippen molar-refractivity contribution in [3.63, 3.8) is 0 Å². The maximum atomic E-state index is 5.41. The van der Waals surface area contributed by atoms with Crippen LogP contribution in [0, 0.1) is 25.3 Å². The molecule has 0 bridgehead atoms. The molecule has 1 radical (unpaired) electrons. The molecule has 4 nitrogen and oxygen atoms in total. The molecule has 0 spiro atoms. The maximum Gasteiger partial charge on any atom is 0.147 e. The van der Waals surface area contributed by atoms with E-state index in [-0.39, 0.29) is 30.9 Å². The molecule has 5 heteroatoms. The smallest absolute Gasteiger partial charge is 0.147 e. The average Bonchev–Trinajstić information content (AvgIpc) is 3.36. The number of nitrogens with zero attached hydrogens (tertiary/aromatic N) is 4. The van der Waals surface area contributed by atoms with Crippen molar-refractivity contribution in [1.82, 2.24) is 18.9 Å². The second-order valence-electron chi connectivity index (χ2n) is 11.5. The zero-order valence-electron chi connectivity index (χ0n) is 22.1. The second kappa shape index (κ2) is 8.87. The number of fused-ring (bicyclic) bond motifs is 6. The number of pyridine rings is 1. The van der Waals surface area contributed by atoms with Gasteiger partial charge in [-0.2, -0.15) is 0 Å². The molecule has 35 heavy (non-hydrogen) atoms. The van der Waals surface area contributed by atoms with Crippen LogP contribution in [-0.2, 0) is 32.1 Å². The van der Waals surface area contributed by atoms with E-state index < -0.39 is 0 Å². The molecule has 3 heterocycles. The van der Waals surface area contributed by atoms with Crippen molar-refractivity contribution >= 4 is 27.6 Å². The first-order valence-electron chi connectivity index (χ1n) is 12.3. The van der Waals surface area contributed by atoms with Crippen molar-refractivity contribution in [3.8, 4) is 11.3 Å². The van der Waals surface area contributed by atoms with E-state index in [0.29, 0.717) is 0 Å². The minimum absolute atomic E-state index is 0. The number of imidazole rings is 2. The summed E-state index contributed by atoms with van der Waals surface area (Å²) in [6.07, 6.45) is 3.03. The standard InChI is InChI=1S/C30H35N4.Ir/c1-9-30(7,8)28-32-27-25(33(28)18-29(4,5)6)21-15-10-11-16-22(21)26-31-17-23(34(26)27)24-19(2)13-12-14-20(24)3;/h10-15,17H,9,18H2,1-8H3;/q-1;. The van der Waals surface area contributed by atoms with Gasteiger partial charge in [0.15, 0.2) is 0 Å². The molecule has 0 aliphatic rings. The van der Waals surface area contributed by atoms with Gasteiger partial charge in [0.05, 0.1) is 11.3 Å². The van der Waals surface area contributed by atoms with Gasteiger partial charge in [-0.1, -0.05) is 70.5 Å². The van der Waals surface area contributed by atoms with Gasteiger partial charge in [0.25, 0.3) is 0 Å². The summed E-state index contributed by atoms with van der Waals surface area (Å²) in [7, 11) is 0. The van der Waals surface area contributed by atoms with Crippen molar-refractivity contribution in [2.75, 3.05) is 0 Å². The van der Waals surface area contributed by atoms with Crippen molar-refractivity contribution in [2.24, 2.45) is 5.41 Å². The van der Waals surface area contributed by atoms with Gasteiger partial charge in [0.1, 0.15) is 11.5 Å². The molecule has 2 aromatic carbocycles. The van der Waals surface area contributed by atoms with Crippen LogP contribution < -0.4 is 0 Å². The Morgan fingerprint density at radius 1 is 0.943 bits per heavy atom. The van der Waals surface area contributed by atoms with E-state index in [4.69, 9.17) is 9.97 Å². The number of hydrogen-bond donors (Lipinski definition) is 0. The molecule has 0 amide bonds. The summed E-state index contributed by atoms with van der Waals surface area (Å²) in [6, 6.07) is 16.2. The monoisotopic (exact) mass is 644 g/mol. The van der Waals surface area contributed by atoms with Gasteiger partial charge in [0, 0.05) is 49.3 Å². The fourth-order valence-corrected chi connectivity index (χ4v) is 5.12. The number of aryl methyl sites for hydroxylation is 2. The summed E-state index contributed by atoms with van der Waals surface area (Å²) in [5.74, 6) is 1.14. The molecule has 0 aliphatic carbocycles. The van der Waals surface area contributed by atoms with Crippen LogP contribution in [0.2, 0.25) is 0 Å². The largest absolute Gasteiger partial charge is 0.333 e. The molecule has 0 aliphatic heterocycles. The molecule has 0 N–H and O–H groups in total. The SMILES string of the molecule is CCC(C)(C)c1nc2c(c3ccc[c-]c3c3ncc(-c4c(C)cccc4C)n32)n1CC(C)(C)C.[Ir]. The first-order valence-corrected chi connectivity index (χ1v) is 12.3. The van der Waals surface area contributed by atoms with Gasteiger partial charge >= 0.3 is 0 Å². The van der Waals surface area contributed by atoms with E-state index >= 15 is 0 Å². The molecular formula is C30H35IrN4-. The zero-order chi connectivity index (χ0) is 24.4. The van der Waals surface area contributed by atoms with Gasteiger partial charge in [0.2, 0.25) is 0 Å². The third-order valence-corrected chi connectivity index (χ3v) is 7.12. The van der Waals surface area contributed by atoms with E-state index in [2.05, 4.69) is 101 Å². The molecule has 0 atom stereocenters. The van der Waals surface area contributed by atoms with Crippen LogP contribution in [0.4, 0.5) is 0 Å². The van der Waals surface area contributed by atoms with E-state index in [9.17, 15) is 0 Å². The van der Waals surface area contributed by atoms with E-state index in [1.807, 2.05) is 12.3 Å². The Hall–Kier alpha value is -2.49. The first-order chi connectivity index (χ1) is 16.0. The third kappa shape index (κ3) is 4.13. The zero-order valence-corrected chi connectivity index (χ0v) is 24.5. The Labute approximate surface area is 222 Å². The van der Waals surface area contributed by atoms with Crippen LogP contribution in [0.15, 0.2) is 42.6 Å². The van der Waals surface area contributed by atoms with Gasteiger partial charge < -0.3 is 8.97 Å². The Morgan fingerprint density at radius 2 is 1.63 bits per heavy atom. The van der Waals surface area contributed by atoms with E-state index in [1.165, 1.54) is 27.6 Å². The van der Waals surface area contributed by atoms with Crippen LogP contribution >= 0.6 is 0 Å². The molecule has 0 saturated carbocycles. The summed E-state index contributed by atoms with van der Waals surface area (Å²) < 4.78 is 4.75. The molecule has 0 unspecified atom stereocenters. The molecular weight excluding hydrogens is 609 g/mol. The molecule has 3 aromatic heterocycles. The third-order valence-electron chi connectivity index (χ3n) is 7.12. The first kappa shape index (κ1) is 25.6. The summed E-state index contributed by atoms with van der Waals surface area (Å²) in [5, 5.41) is 2.21. The van der Waals surface area contributed by atoms with E-state index in [0.717, 1.165) is 41.2 Å². The molecule has 5 aromatic rings. The second-order valence-corrected chi connectivity index (χ2v) is 11.5. The Bertz CT molecular complexity index is 1530. The molecule has 0 saturated heterocycles. The quantitative estimate of drug-likeness (QED) is 0.189. The molecule has 5 rings (SSSR count). The van der Waals surface area contributed by atoms with Crippen molar-refractivity contribution in [3.05, 3.63) is 65.6 Å². The molecule has 0 fully saturated rings. The van der Waals surface area contributed by atoms with Crippen LogP contribution in [-0.4, -0.2) is 18.9 Å². The Kier molecular flexibility index (Phi) is 6.49. The van der Waals surface area contributed by atoms with Gasteiger partial charge in [-0.25, -0.2) is 4.98 Å². The Balaban J connectivity index is 0.00000289. The summed E-state index contributed by atoms with van der Waals surface area (Å²) in [5.41, 5.74) is 7.95. The minimum Gasteiger partial charge on any atom is -0.333 e. The predicted octanol–water partition coefficient (Wildman–Crippen LogP) is 7.65. The van der Waals surface area contributed by atoms with Crippen molar-refractivity contribution < 1.29 is 20.1 Å². The van der Waals surface area contributed by atoms with Crippen LogP contribution in [0.1, 0.15) is 64.9 Å². The van der Waals surface area contributed by atoms with Crippen LogP contribution in [0.3, 0.4) is 0 Å². The van der Waals surface area contributed by atoms with E-state index in [1.54, 1.807) is 0 Å². The normalized spacial score (nSPS) is 12.6. The number of hydrogen-bond acceptors (Lipinski definition) is 2. The Morgan fingerprint density at radius 3 is 2.26 bits per heavy atom. The fourth-order valence-electron chi connectivity index (χ4n) is 5.12. The van der Waals surface area contributed by atoms with Crippen molar-refractivity contribution in [1.29, 1.82) is 0 Å². The number of rotatable bonds is 4. The summed E-state index contributed by atoms with van der Waals surface area (Å²) in [4.78, 5) is 10.3. The predicted molar refractivity (Wildman–Crippen MR) is 143 cm³/mol. The van der Waals surface area contributed by atoms with Gasteiger partial charge in [-0.05, 0) is 36.8 Å². The summed E-state index contributed by atoms with van der Waals surface area (Å²) >= 11 is 0. The van der Waals surface area contributed by atoms with Gasteiger partial charge in [-0.15, -0.1) is 24.3 Å². The van der Waals surface area contributed by atoms with Gasteiger partial charge in [-0.3, -0.25) is 4.98 Å². The average molecular weight is 644 g/mol. The number of benzene rings is 2. The maximum absolute atomic E-state index is 5.41. The fraction of sp³-hybridized carbons (Fsp3) is 0.400. The number of aromatic nitrogens is 4. The van der Waals surface area contributed by atoms with Crippen molar-refractivity contribution in [2.45, 2.75) is 73.8 Å². The topological polar surface area (TPSA) is 35.1 Å². The minimum atomic E-state index is -0.0548. The van der Waals surface area contributed by atoms with Crippen LogP contribution in [0.25, 0.3) is 38.8 Å². The summed E-state index contributed by atoms with van der Waals surface area (Å²) in [6.45, 7) is 19.0. The van der Waals surface area contributed by atoms with Crippen LogP contribution in [0.5, 0.6) is 0 Å². The molecule has 185 valence electrons.